The number of aryl methyl sites for hydroxylation is 3. The van der Waals surface area contributed by atoms with Gasteiger partial charge in [-0.25, -0.2) is 0 Å². The number of rotatable bonds is 3. The maximum atomic E-state index is 13.6. The second-order valence-corrected chi connectivity index (χ2v) is 7.89. The number of nitrogens with zero attached hydrogens (tertiary/aromatic N) is 2. The van der Waals surface area contributed by atoms with Crippen LogP contribution < -0.4 is 38.8 Å². The van der Waals surface area contributed by atoms with Crippen molar-refractivity contribution >= 4 is 23.2 Å². The Morgan fingerprint density at radius 3 is 2.29 bits per heavy atom. The summed E-state index contributed by atoms with van der Waals surface area (Å²) in [6.07, 6.45) is 1.85. The number of fused-ring (bicyclic) bond motifs is 1. The average molecular weight is 527 g/mol. The van der Waals surface area contributed by atoms with Gasteiger partial charge in [0.15, 0.2) is 6.20 Å². The van der Waals surface area contributed by atoms with E-state index in [1.54, 1.807) is 4.90 Å². The highest BCUT2D eigenvalue weighted by Crippen LogP contribution is 2.33. The molecule has 1 atom stereocenters. The minimum Gasteiger partial charge on any atom is -1.00 e. The summed E-state index contributed by atoms with van der Waals surface area (Å²) in [5.41, 5.74) is 6.43. The maximum absolute atomic E-state index is 13.6. The third-order valence-corrected chi connectivity index (χ3v) is 5.90. The van der Waals surface area contributed by atoms with Gasteiger partial charge in [-0.3, -0.25) is 14.5 Å². The lowest BCUT2D eigenvalue weighted by molar-refractivity contribution is -0.695. The molecule has 0 saturated heterocycles. The molecule has 6 heteroatoms. The zero-order valence-electron chi connectivity index (χ0n) is 18.1. The second kappa shape index (κ2) is 9.18. The Hall–Kier alpha value is -2.74. The molecule has 31 heavy (non-hydrogen) atoms. The number of pyridine rings is 1. The Balaban J connectivity index is 0.00000272. The molecule has 1 aliphatic heterocycles. The van der Waals surface area contributed by atoms with Crippen molar-refractivity contribution in [3.63, 3.8) is 0 Å². The Bertz CT molecular complexity index is 1140. The minimum absolute atomic E-state index is 0. The second-order valence-electron chi connectivity index (χ2n) is 7.89. The molecular weight excluding hydrogens is 501 g/mol. The number of hydrogen-bond donors (Lipinski definition) is 1. The molecule has 1 aliphatic rings. The fourth-order valence-electron chi connectivity index (χ4n) is 4.10. The molecule has 160 valence electrons. The molecule has 2 aromatic carbocycles. The van der Waals surface area contributed by atoms with E-state index in [9.17, 15) is 9.59 Å². The van der Waals surface area contributed by atoms with E-state index in [1.807, 2.05) is 93.1 Å². The number of anilines is 2. The molecule has 1 N–H and O–H groups in total. The molecule has 3 aromatic rings. The number of carbonyl (C=O) groups excluding carboxylic acids is 2. The van der Waals surface area contributed by atoms with Gasteiger partial charge in [-0.05, 0) is 56.0 Å². The Labute approximate surface area is 200 Å². The Morgan fingerprint density at radius 2 is 1.58 bits per heavy atom. The highest BCUT2D eigenvalue weighted by molar-refractivity contribution is 6.06. The first-order valence-electron chi connectivity index (χ1n) is 10.1. The molecule has 1 unspecified atom stereocenters. The normalized spacial score (nSPS) is 15.2. The minimum atomic E-state index is -0.757. The molecule has 0 bridgehead atoms. The van der Waals surface area contributed by atoms with Crippen LogP contribution in [0, 0.1) is 27.7 Å². The van der Waals surface area contributed by atoms with Gasteiger partial charge in [-0.15, -0.1) is 0 Å². The first kappa shape index (κ1) is 22.9. The molecule has 1 aromatic heterocycles. The summed E-state index contributed by atoms with van der Waals surface area (Å²) >= 11 is 0. The third kappa shape index (κ3) is 4.21. The van der Waals surface area contributed by atoms with Crippen molar-refractivity contribution in [2.24, 2.45) is 0 Å². The van der Waals surface area contributed by atoms with Gasteiger partial charge < -0.3 is 29.3 Å². The van der Waals surface area contributed by atoms with Crippen LogP contribution >= 0.6 is 0 Å². The van der Waals surface area contributed by atoms with Crippen LogP contribution in [-0.4, -0.2) is 11.8 Å². The van der Waals surface area contributed by atoms with E-state index in [1.165, 1.54) is 0 Å². The van der Waals surface area contributed by atoms with Crippen molar-refractivity contribution in [1.82, 2.24) is 0 Å². The molecule has 2 heterocycles. The van der Waals surface area contributed by atoms with E-state index in [0.717, 1.165) is 39.3 Å². The van der Waals surface area contributed by atoms with Gasteiger partial charge in [0.1, 0.15) is 0 Å². The van der Waals surface area contributed by atoms with Crippen molar-refractivity contribution in [2.45, 2.75) is 40.3 Å². The SMILES string of the molecule is Cc1cccc(N2C(=O)C[n+]3ccccc3C2C(=O)Nc2c(C)cccc2C)c1C.[I-]. The van der Waals surface area contributed by atoms with Crippen molar-refractivity contribution in [3.8, 4) is 0 Å². The predicted molar refractivity (Wildman–Crippen MR) is 117 cm³/mol. The van der Waals surface area contributed by atoms with Crippen LogP contribution in [0.1, 0.15) is 34.0 Å². The zero-order chi connectivity index (χ0) is 21.4. The van der Waals surface area contributed by atoms with Crippen LogP contribution in [0.25, 0.3) is 0 Å². The van der Waals surface area contributed by atoms with E-state index in [4.69, 9.17) is 0 Å². The molecule has 2 amide bonds. The highest BCUT2D eigenvalue weighted by Gasteiger charge is 2.44. The number of aromatic nitrogens is 1. The van der Waals surface area contributed by atoms with E-state index >= 15 is 0 Å². The lowest BCUT2D eigenvalue weighted by Crippen LogP contribution is -3.00. The number of amides is 2. The largest absolute Gasteiger partial charge is 1.00 e. The van der Waals surface area contributed by atoms with Crippen LogP contribution in [0.3, 0.4) is 0 Å². The molecular formula is C25H26IN3O2. The number of carbonyl (C=O) groups is 2. The number of benzene rings is 2. The summed E-state index contributed by atoms with van der Waals surface area (Å²) in [5, 5.41) is 3.10. The first-order chi connectivity index (χ1) is 14.4. The topological polar surface area (TPSA) is 53.3 Å². The van der Waals surface area contributed by atoms with Gasteiger partial charge in [0.05, 0.1) is 0 Å². The number of nitrogens with one attached hydrogen (secondary N) is 1. The van der Waals surface area contributed by atoms with Gasteiger partial charge in [-0.2, -0.15) is 4.57 Å². The predicted octanol–water partition coefficient (Wildman–Crippen LogP) is 0.938. The van der Waals surface area contributed by atoms with Crippen molar-refractivity contribution in [2.75, 3.05) is 10.2 Å². The zero-order valence-corrected chi connectivity index (χ0v) is 20.3. The fourth-order valence-corrected chi connectivity index (χ4v) is 4.10. The van der Waals surface area contributed by atoms with E-state index in [0.29, 0.717) is 0 Å². The number of halogens is 1. The lowest BCUT2D eigenvalue weighted by atomic mass is 10.0. The lowest BCUT2D eigenvalue weighted by Gasteiger charge is -2.33. The number of hydrogen-bond acceptors (Lipinski definition) is 2. The third-order valence-electron chi connectivity index (χ3n) is 5.90. The van der Waals surface area contributed by atoms with Gasteiger partial charge in [0.2, 0.25) is 18.3 Å². The van der Waals surface area contributed by atoms with Crippen LogP contribution in [0.15, 0.2) is 60.8 Å². The van der Waals surface area contributed by atoms with Crippen LogP contribution in [-0.2, 0) is 16.1 Å². The smallest absolute Gasteiger partial charge is 0.294 e. The van der Waals surface area contributed by atoms with Crippen LogP contribution in [0.2, 0.25) is 0 Å². The van der Waals surface area contributed by atoms with Gasteiger partial charge in [-0.1, -0.05) is 36.4 Å². The molecule has 0 aliphatic carbocycles. The summed E-state index contributed by atoms with van der Waals surface area (Å²) in [4.78, 5) is 28.5. The maximum Gasteiger partial charge on any atom is 0.294 e. The Kier molecular flexibility index (Phi) is 6.79. The molecule has 0 saturated carbocycles. The molecule has 4 rings (SSSR count). The monoisotopic (exact) mass is 527 g/mol. The summed E-state index contributed by atoms with van der Waals surface area (Å²) < 4.78 is 1.86. The standard InChI is InChI=1S/C25H25N3O2.HI/c1-16-9-8-13-20(19(16)4)28-22(29)15-27-14-6-5-12-21(27)24(28)25(30)26-23-17(2)10-7-11-18(23)3;/h5-14,24H,15H2,1-4H3;1H. The fraction of sp³-hybridized carbons (Fsp3) is 0.240. The van der Waals surface area contributed by atoms with E-state index < -0.39 is 6.04 Å². The van der Waals surface area contributed by atoms with Gasteiger partial charge in [0, 0.05) is 23.5 Å². The quantitative estimate of drug-likeness (QED) is 0.408. The van der Waals surface area contributed by atoms with Crippen LogP contribution in [0.5, 0.6) is 0 Å². The molecule has 5 nitrogen and oxygen atoms in total. The molecule has 0 spiro atoms. The Morgan fingerprint density at radius 1 is 0.935 bits per heavy atom. The highest BCUT2D eigenvalue weighted by atomic mass is 127. The van der Waals surface area contributed by atoms with Crippen molar-refractivity contribution < 1.29 is 38.1 Å². The van der Waals surface area contributed by atoms with Gasteiger partial charge >= 0.3 is 0 Å². The van der Waals surface area contributed by atoms with E-state index in [2.05, 4.69) is 5.32 Å². The number of para-hydroxylation sites is 1. The van der Waals surface area contributed by atoms with E-state index in [-0.39, 0.29) is 42.3 Å². The summed E-state index contributed by atoms with van der Waals surface area (Å²) in [7, 11) is 0. The average Bonchev–Trinajstić information content (AvgIpc) is 2.72. The summed E-state index contributed by atoms with van der Waals surface area (Å²) in [6.45, 7) is 8.16. The van der Waals surface area contributed by atoms with Crippen molar-refractivity contribution in [1.29, 1.82) is 0 Å². The van der Waals surface area contributed by atoms with Crippen molar-refractivity contribution in [3.05, 3.63) is 88.7 Å². The molecule has 0 fully saturated rings. The summed E-state index contributed by atoms with van der Waals surface area (Å²) in [5.74, 6) is -0.324. The summed E-state index contributed by atoms with van der Waals surface area (Å²) in [6, 6.07) is 16.7. The molecule has 0 radical (unpaired) electrons. The first-order valence-corrected chi connectivity index (χ1v) is 10.1. The van der Waals surface area contributed by atoms with Crippen LogP contribution in [0.4, 0.5) is 11.4 Å². The van der Waals surface area contributed by atoms with Gasteiger partial charge in [0.25, 0.3) is 11.8 Å².